The molecule has 1 atom stereocenters. The maximum Gasteiger partial charge on any atom is 0.240 e. The fraction of sp³-hybridized carbons (Fsp3) is 0.100. The Bertz CT molecular complexity index is 896. The molecule has 2 heterocycles. The second-order valence-corrected chi connectivity index (χ2v) is 6.74. The van der Waals surface area contributed by atoms with Gasteiger partial charge in [0.05, 0.1) is 0 Å². The Balaban J connectivity index is 1.98. The summed E-state index contributed by atoms with van der Waals surface area (Å²) in [7, 11) is 0. The van der Waals surface area contributed by atoms with Crippen LogP contribution in [0.3, 0.4) is 0 Å². The maximum absolute atomic E-state index is 13.2. The number of carbonyl (C=O) groups excluding carboxylic acids is 1. The molecule has 0 fully saturated rings. The minimum Gasteiger partial charge on any atom is -0.325 e. The molecule has 0 saturated heterocycles. The van der Waals surface area contributed by atoms with Gasteiger partial charge in [0.2, 0.25) is 5.91 Å². The number of hydrogen-bond acceptors (Lipinski definition) is 2. The molecule has 118 valence electrons. The van der Waals surface area contributed by atoms with Crippen LogP contribution in [0.2, 0.25) is 0 Å². The van der Waals surface area contributed by atoms with Crippen LogP contribution in [0, 0.1) is 0 Å². The average molecular weight is 379 g/mol. The van der Waals surface area contributed by atoms with Crippen molar-refractivity contribution in [2.45, 2.75) is 11.8 Å². The van der Waals surface area contributed by atoms with Crippen molar-refractivity contribution in [1.82, 2.24) is 4.98 Å². The predicted molar refractivity (Wildman–Crippen MR) is 97.9 cm³/mol. The van der Waals surface area contributed by atoms with Crippen molar-refractivity contribution in [3.8, 4) is 0 Å². The predicted octanol–water partition coefficient (Wildman–Crippen LogP) is 4.33. The third-order valence-electron chi connectivity index (χ3n) is 4.52. The molecule has 1 N–H and O–H groups in total. The summed E-state index contributed by atoms with van der Waals surface area (Å²) in [4.78, 5) is 17.6. The molecular formula is C20H15BrN2O. The van der Waals surface area contributed by atoms with E-state index in [-0.39, 0.29) is 5.91 Å². The first-order chi connectivity index (χ1) is 11.7. The molecule has 1 aliphatic heterocycles. The molecule has 1 aliphatic rings. The van der Waals surface area contributed by atoms with Crippen molar-refractivity contribution in [2.24, 2.45) is 0 Å². The van der Waals surface area contributed by atoms with E-state index in [1.165, 1.54) is 0 Å². The van der Waals surface area contributed by atoms with E-state index < -0.39 is 5.41 Å². The summed E-state index contributed by atoms with van der Waals surface area (Å²) >= 11 is 3.65. The monoisotopic (exact) mass is 378 g/mol. The summed E-state index contributed by atoms with van der Waals surface area (Å²) in [5.41, 5.74) is 2.91. The van der Waals surface area contributed by atoms with Gasteiger partial charge in [0, 0.05) is 34.0 Å². The van der Waals surface area contributed by atoms with E-state index in [9.17, 15) is 4.79 Å². The van der Waals surface area contributed by atoms with Crippen LogP contribution >= 0.6 is 15.9 Å². The molecule has 1 amide bonds. The molecule has 0 spiro atoms. The lowest BCUT2D eigenvalue weighted by atomic mass is 9.72. The lowest BCUT2D eigenvalue weighted by molar-refractivity contribution is -0.119. The van der Waals surface area contributed by atoms with Gasteiger partial charge in [0.1, 0.15) is 5.41 Å². The van der Waals surface area contributed by atoms with Crippen molar-refractivity contribution in [1.29, 1.82) is 0 Å². The van der Waals surface area contributed by atoms with Crippen LogP contribution in [-0.4, -0.2) is 10.9 Å². The Morgan fingerprint density at radius 3 is 2.50 bits per heavy atom. The third kappa shape index (κ3) is 2.26. The lowest BCUT2D eigenvalue weighted by Crippen LogP contribution is -2.38. The van der Waals surface area contributed by atoms with Gasteiger partial charge < -0.3 is 5.32 Å². The molecule has 2 aromatic carbocycles. The second kappa shape index (κ2) is 5.87. The quantitative estimate of drug-likeness (QED) is 0.736. The summed E-state index contributed by atoms with van der Waals surface area (Å²) in [6.45, 7) is 0. The molecule has 4 rings (SSSR count). The van der Waals surface area contributed by atoms with Crippen molar-refractivity contribution >= 4 is 27.5 Å². The fourth-order valence-corrected chi connectivity index (χ4v) is 4.15. The molecule has 24 heavy (non-hydrogen) atoms. The van der Waals surface area contributed by atoms with Gasteiger partial charge in [-0.2, -0.15) is 0 Å². The molecule has 0 radical (unpaired) electrons. The van der Waals surface area contributed by atoms with E-state index >= 15 is 0 Å². The number of benzene rings is 2. The number of rotatable bonds is 3. The summed E-state index contributed by atoms with van der Waals surface area (Å²) in [5.74, 6) is -0.0127. The van der Waals surface area contributed by atoms with Crippen LogP contribution in [0.1, 0.15) is 16.8 Å². The normalized spacial score (nSPS) is 19.0. The Hall–Kier alpha value is -2.46. The second-order valence-electron chi connectivity index (χ2n) is 5.89. The zero-order valence-corrected chi connectivity index (χ0v) is 14.5. The molecule has 3 nitrogen and oxygen atoms in total. The number of hydrogen-bond donors (Lipinski definition) is 1. The fourth-order valence-electron chi connectivity index (χ4n) is 3.45. The van der Waals surface area contributed by atoms with Gasteiger partial charge in [0.25, 0.3) is 0 Å². The number of aromatic nitrogens is 1. The van der Waals surface area contributed by atoms with Gasteiger partial charge in [0.15, 0.2) is 0 Å². The van der Waals surface area contributed by atoms with Crippen LogP contribution in [-0.2, 0) is 16.6 Å². The number of anilines is 1. The van der Waals surface area contributed by atoms with E-state index in [4.69, 9.17) is 0 Å². The highest BCUT2D eigenvalue weighted by molar-refractivity contribution is 9.10. The van der Waals surface area contributed by atoms with Crippen LogP contribution in [0.4, 0.5) is 5.69 Å². The first-order valence-electron chi connectivity index (χ1n) is 7.78. The van der Waals surface area contributed by atoms with Gasteiger partial charge in [-0.3, -0.25) is 9.78 Å². The SMILES string of the molecule is O=C1Nc2cccc(Br)c2C1(Cc1ccccn1)c1ccccc1. The zero-order chi connectivity index (χ0) is 16.6. The Morgan fingerprint density at radius 1 is 0.958 bits per heavy atom. The van der Waals surface area contributed by atoms with Crippen molar-refractivity contribution in [3.63, 3.8) is 0 Å². The number of nitrogens with one attached hydrogen (secondary N) is 1. The van der Waals surface area contributed by atoms with Crippen molar-refractivity contribution in [2.75, 3.05) is 5.32 Å². The molecule has 4 heteroatoms. The summed E-state index contributed by atoms with van der Waals surface area (Å²) in [6.07, 6.45) is 2.28. The van der Waals surface area contributed by atoms with Gasteiger partial charge in [-0.15, -0.1) is 0 Å². The van der Waals surface area contributed by atoms with Crippen molar-refractivity contribution in [3.05, 3.63) is 94.2 Å². The smallest absolute Gasteiger partial charge is 0.240 e. The van der Waals surface area contributed by atoms with E-state index in [2.05, 4.69) is 26.2 Å². The first kappa shape index (κ1) is 15.1. The van der Waals surface area contributed by atoms with E-state index in [1.807, 2.05) is 66.7 Å². The first-order valence-corrected chi connectivity index (χ1v) is 8.57. The Kier molecular flexibility index (Phi) is 3.69. The number of pyridine rings is 1. The molecule has 0 saturated carbocycles. The molecule has 1 unspecified atom stereocenters. The highest BCUT2D eigenvalue weighted by Crippen LogP contribution is 2.48. The Labute approximate surface area is 148 Å². The van der Waals surface area contributed by atoms with Crippen LogP contribution in [0.15, 0.2) is 77.4 Å². The summed E-state index contributed by atoms with van der Waals surface area (Å²) < 4.78 is 0.929. The minimum atomic E-state index is -0.787. The minimum absolute atomic E-state index is 0.0127. The lowest BCUT2D eigenvalue weighted by Gasteiger charge is -2.28. The third-order valence-corrected chi connectivity index (χ3v) is 5.18. The average Bonchev–Trinajstić information content (AvgIpc) is 2.90. The summed E-state index contributed by atoms with van der Waals surface area (Å²) in [5, 5.41) is 3.05. The Morgan fingerprint density at radius 2 is 1.75 bits per heavy atom. The van der Waals surface area contributed by atoms with Crippen LogP contribution in [0.25, 0.3) is 0 Å². The van der Waals surface area contributed by atoms with Crippen LogP contribution < -0.4 is 5.32 Å². The summed E-state index contributed by atoms with van der Waals surface area (Å²) in [6, 6.07) is 21.6. The van der Waals surface area contributed by atoms with E-state index in [0.29, 0.717) is 6.42 Å². The maximum atomic E-state index is 13.2. The van der Waals surface area contributed by atoms with E-state index in [1.54, 1.807) is 6.20 Å². The van der Waals surface area contributed by atoms with Crippen molar-refractivity contribution < 1.29 is 4.79 Å². The molecule has 0 aliphatic carbocycles. The standard InChI is InChI=1S/C20H15BrN2O/c21-16-10-6-11-17-18(16)20(19(24)23-17,14-7-2-1-3-8-14)13-15-9-4-5-12-22-15/h1-12H,13H2,(H,23,24). The highest BCUT2D eigenvalue weighted by atomic mass is 79.9. The number of halogens is 1. The molecule has 0 bridgehead atoms. The highest BCUT2D eigenvalue weighted by Gasteiger charge is 2.49. The number of carbonyl (C=O) groups is 1. The zero-order valence-electron chi connectivity index (χ0n) is 12.9. The van der Waals surface area contributed by atoms with Crippen LogP contribution in [0.5, 0.6) is 0 Å². The van der Waals surface area contributed by atoms with Gasteiger partial charge >= 0.3 is 0 Å². The van der Waals surface area contributed by atoms with E-state index in [0.717, 1.165) is 27.0 Å². The molecular weight excluding hydrogens is 364 g/mol. The number of fused-ring (bicyclic) bond motifs is 1. The van der Waals surface area contributed by atoms with Gasteiger partial charge in [-0.1, -0.05) is 58.4 Å². The largest absolute Gasteiger partial charge is 0.325 e. The molecule has 3 aromatic rings. The topological polar surface area (TPSA) is 42.0 Å². The number of nitrogens with zero attached hydrogens (tertiary/aromatic N) is 1. The van der Waals surface area contributed by atoms with Gasteiger partial charge in [-0.05, 0) is 29.8 Å². The molecule has 1 aromatic heterocycles. The number of amides is 1. The van der Waals surface area contributed by atoms with Gasteiger partial charge in [-0.25, -0.2) is 0 Å².